The molecule has 0 aliphatic carbocycles. The van der Waals surface area contributed by atoms with Crippen molar-refractivity contribution in [3.63, 3.8) is 0 Å². The summed E-state index contributed by atoms with van der Waals surface area (Å²) in [5.41, 5.74) is 3.00. The number of amides is 1. The van der Waals surface area contributed by atoms with E-state index >= 15 is 0 Å². The van der Waals surface area contributed by atoms with Crippen molar-refractivity contribution >= 4 is 46.6 Å². The predicted molar refractivity (Wildman–Crippen MR) is 117 cm³/mol. The third-order valence-corrected chi connectivity index (χ3v) is 5.58. The van der Waals surface area contributed by atoms with Crippen LogP contribution in [0.25, 0.3) is 0 Å². The van der Waals surface area contributed by atoms with E-state index in [0.717, 1.165) is 16.8 Å². The van der Waals surface area contributed by atoms with E-state index in [2.05, 4.69) is 21.6 Å². The maximum atomic E-state index is 12.3. The van der Waals surface area contributed by atoms with Crippen LogP contribution in [0.2, 0.25) is 10.0 Å². The smallest absolute Gasteiger partial charge is 0.234 e. The van der Waals surface area contributed by atoms with E-state index in [9.17, 15) is 4.79 Å². The molecule has 2 aromatic carbocycles. The number of hydrogen-bond acceptors (Lipinski definition) is 5. The molecular formula is C20H20Cl2N4O2S. The maximum Gasteiger partial charge on any atom is 0.234 e. The first-order chi connectivity index (χ1) is 13.8. The molecule has 3 rings (SSSR count). The Morgan fingerprint density at radius 2 is 1.86 bits per heavy atom. The molecule has 3 aromatic rings. The molecule has 0 saturated heterocycles. The maximum absolute atomic E-state index is 12.3. The molecule has 0 aliphatic rings. The molecule has 0 atom stereocenters. The summed E-state index contributed by atoms with van der Waals surface area (Å²) in [4.78, 5) is 12.3. The van der Waals surface area contributed by atoms with Crippen LogP contribution in [0.5, 0.6) is 5.75 Å². The monoisotopic (exact) mass is 450 g/mol. The van der Waals surface area contributed by atoms with Gasteiger partial charge in [-0.25, -0.2) is 0 Å². The molecule has 0 unspecified atom stereocenters. The molecule has 6 nitrogen and oxygen atoms in total. The minimum atomic E-state index is -0.105. The number of benzene rings is 2. The Bertz CT molecular complexity index is 1020. The Hall–Kier alpha value is -2.22. The summed E-state index contributed by atoms with van der Waals surface area (Å²) in [7, 11) is 1.82. The summed E-state index contributed by atoms with van der Waals surface area (Å²) in [5.74, 6) is 1.20. The average molecular weight is 451 g/mol. The average Bonchev–Trinajstić information content (AvgIpc) is 2.99. The first kappa shape index (κ1) is 21.5. The van der Waals surface area contributed by atoms with E-state index in [1.54, 1.807) is 22.8 Å². The van der Waals surface area contributed by atoms with E-state index in [1.165, 1.54) is 11.8 Å². The van der Waals surface area contributed by atoms with Gasteiger partial charge in [-0.3, -0.25) is 4.79 Å². The number of ether oxygens (including phenoxy) is 1. The van der Waals surface area contributed by atoms with Crippen LogP contribution in [0.3, 0.4) is 0 Å². The van der Waals surface area contributed by atoms with Crippen LogP contribution in [-0.4, -0.2) is 26.4 Å². The highest BCUT2D eigenvalue weighted by atomic mass is 35.5. The van der Waals surface area contributed by atoms with Crippen molar-refractivity contribution in [2.24, 2.45) is 7.05 Å². The Labute approximate surface area is 183 Å². The van der Waals surface area contributed by atoms with E-state index in [4.69, 9.17) is 27.9 Å². The van der Waals surface area contributed by atoms with Gasteiger partial charge in [-0.05, 0) is 49.2 Å². The molecule has 1 aromatic heterocycles. The van der Waals surface area contributed by atoms with Crippen LogP contribution in [0.1, 0.15) is 17.0 Å². The summed E-state index contributed by atoms with van der Waals surface area (Å²) in [5, 5.41) is 12.8. The lowest BCUT2D eigenvalue weighted by Crippen LogP contribution is -2.14. The number of aromatic nitrogens is 3. The Morgan fingerprint density at radius 1 is 1.14 bits per heavy atom. The first-order valence-electron chi connectivity index (χ1n) is 8.79. The van der Waals surface area contributed by atoms with E-state index < -0.39 is 0 Å². The Morgan fingerprint density at radius 3 is 2.59 bits per heavy atom. The second-order valence-electron chi connectivity index (χ2n) is 6.53. The van der Waals surface area contributed by atoms with Gasteiger partial charge in [-0.15, -0.1) is 10.2 Å². The highest BCUT2D eigenvalue weighted by Gasteiger charge is 2.13. The van der Waals surface area contributed by atoms with Gasteiger partial charge in [0.2, 0.25) is 5.91 Å². The number of anilines is 1. The number of nitrogens with zero attached hydrogens (tertiary/aromatic N) is 3. The largest absolute Gasteiger partial charge is 0.484 e. The number of thioether (sulfide) groups is 1. The van der Waals surface area contributed by atoms with Gasteiger partial charge in [0.1, 0.15) is 12.4 Å². The summed E-state index contributed by atoms with van der Waals surface area (Å²) in [6.07, 6.45) is 0. The molecule has 0 spiro atoms. The fourth-order valence-corrected chi connectivity index (χ4v) is 3.76. The van der Waals surface area contributed by atoms with Crippen LogP contribution in [-0.2, 0) is 18.4 Å². The first-order valence-corrected chi connectivity index (χ1v) is 10.5. The van der Waals surface area contributed by atoms with Gasteiger partial charge in [0.15, 0.2) is 11.0 Å². The SMILES string of the molecule is Cc1cc(C)cc(NC(=O)CSc2nnc(COc3cc(Cl)ccc3Cl)n2C)c1. The summed E-state index contributed by atoms with van der Waals surface area (Å²) < 4.78 is 7.48. The molecule has 1 amide bonds. The van der Waals surface area contributed by atoms with Gasteiger partial charge in [-0.1, -0.05) is 41.0 Å². The summed E-state index contributed by atoms with van der Waals surface area (Å²) in [6, 6.07) is 10.9. The van der Waals surface area contributed by atoms with Crippen molar-refractivity contribution in [2.75, 3.05) is 11.1 Å². The third-order valence-electron chi connectivity index (χ3n) is 4.01. The molecule has 29 heavy (non-hydrogen) atoms. The summed E-state index contributed by atoms with van der Waals surface area (Å²) in [6.45, 7) is 4.17. The molecule has 0 fully saturated rings. The number of nitrogens with one attached hydrogen (secondary N) is 1. The summed E-state index contributed by atoms with van der Waals surface area (Å²) >= 11 is 13.4. The molecule has 0 radical (unpaired) electrons. The minimum absolute atomic E-state index is 0.105. The van der Waals surface area contributed by atoms with E-state index in [0.29, 0.717) is 26.8 Å². The van der Waals surface area contributed by atoms with Gasteiger partial charge in [-0.2, -0.15) is 0 Å². The minimum Gasteiger partial charge on any atom is -0.484 e. The molecular weight excluding hydrogens is 431 g/mol. The number of hydrogen-bond donors (Lipinski definition) is 1. The zero-order chi connectivity index (χ0) is 21.0. The van der Waals surface area contributed by atoms with Crippen molar-refractivity contribution in [2.45, 2.75) is 25.6 Å². The van der Waals surface area contributed by atoms with Crippen LogP contribution >= 0.6 is 35.0 Å². The van der Waals surface area contributed by atoms with Gasteiger partial charge in [0, 0.05) is 23.8 Å². The van der Waals surface area contributed by atoms with Gasteiger partial charge >= 0.3 is 0 Å². The fourth-order valence-electron chi connectivity index (χ4n) is 2.70. The highest BCUT2D eigenvalue weighted by Crippen LogP contribution is 2.28. The van der Waals surface area contributed by atoms with Crippen molar-refractivity contribution in [3.8, 4) is 5.75 Å². The second-order valence-corrected chi connectivity index (χ2v) is 8.32. The number of carbonyl (C=O) groups excluding carboxylic acids is 1. The molecule has 9 heteroatoms. The van der Waals surface area contributed by atoms with Crippen LogP contribution in [0.15, 0.2) is 41.6 Å². The van der Waals surface area contributed by atoms with Crippen molar-refractivity contribution < 1.29 is 9.53 Å². The predicted octanol–water partition coefficient (Wildman–Crippen LogP) is 5.05. The van der Waals surface area contributed by atoms with Gasteiger partial charge in [0.05, 0.1) is 10.8 Å². The second kappa shape index (κ2) is 9.52. The number of halogens is 2. The van der Waals surface area contributed by atoms with Crippen LogP contribution < -0.4 is 10.1 Å². The number of carbonyl (C=O) groups is 1. The number of rotatable bonds is 7. The van der Waals surface area contributed by atoms with Crippen molar-refractivity contribution in [3.05, 3.63) is 63.4 Å². The molecule has 152 valence electrons. The lowest BCUT2D eigenvalue weighted by Gasteiger charge is -2.09. The standard InChI is InChI=1S/C20H20Cl2N4O2S/c1-12-6-13(2)8-15(7-12)23-19(27)11-29-20-25-24-18(26(20)3)10-28-17-9-14(21)4-5-16(17)22/h4-9H,10-11H2,1-3H3,(H,23,27). The van der Waals surface area contributed by atoms with Crippen molar-refractivity contribution in [1.82, 2.24) is 14.8 Å². The Balaban J connectivity index is 1.56. The highest BCUT2D eigenvalue weighted by molar-refractivity contribution is 7.99. The molecule has 1 N–H and O–H groups in total. The van der Waals surface area contributed by atoms with E-state index in [1.807, 2.05) is 33.0 Å². The lowest BCUT2D eigenvalue weighted by molar-refractivity contribution is -0.113. The zero-order valence-electron chi connectivity index (χ0n) is 16.2. The Kier molecular flexibility index (Phi) is 7.05. The number of aryl methyl sites for hydroxylation is 2. The molecule has 0 aliphatic heterocycles. The van der Waals surface area contributed by atoms with Gasteiger partial charge in [0.25, 0.3) is 0 Å². The van der Waals surface area contributed by atoms with Crippen LogP contribution in [0.4, 0.5) is 5.69 Å². The van der Waals surface area contributed by atoms with E-state index in [-0.39, 0.29) is 18.3 Å². The topological polar surface area (TPSA) is 69.0 Å². The molecule has 1 heterocycles. The van der Waals surface area contributed by atoms with Crippen molar-refractivity contribution in [1.29, 1.82) is 0 Å². The normalized spacial score (nSPS) is 10.8. The van der Waals surface area contributed by atoms with Crippen LogP contribution in [0, 0.1) is 13.8 Å². The third kappa shape index (κ3) is 5.88. The quantitative estimate of drug-likeness (QED) is 0.510. The fraction of sp³-hybridized carbons (Fsp3) is 0.250. The molecule has 0 bridgehead atoms. The van der Waals surface area contributed by atoms with Gasteiger partial charge < -0.3 is 14.6 Å². The lowest BCUT2D eigenvalue weighted by atomic mass is 10.1. The molecule has 0 saturated carbocycles. The zero-order valence-corrected chi connectivity index (χ0v) is 18.5.